The van der Waals surface area contributed by atoms with Gasteiger partial charge < -0.3 is 17.4 Å². The number of hydrogen-bond acceptors (Lipinski definition) is 0. The predicted molar refractivity (Wildman–Crippen MR) is 62.5 cm³/mol. The third-order valence-electron chi connectivity index (χ3n) is 3.47. The largest absolute Gasteiger partial charge is 0.558 e. The fourth-order valence-corrected chi connectivity index (χ4v) is 1.53. The van der Waals surface area contributed by atoms with Crippen LogP contribution in [0, 0.1) is 0 Å². The van der Waals surface area contributed by atoms with E-state index in [1.165, 1.54) is 30.7 Å². The first kappa shape index (κ1) is 21.8. The molecule has 0 heterocycles. The molecule has 0 aromatic rings. The van der Waals surface area contributed by atoms with Gasteiger partial charge in [-0.25, -0.2) is 8.78 Å². The molecule has 0 saturated heterocycles. The van der Waals surface area contributed by atoms with E-state index in [0.29, 0.717) is 0 Å². The average molecular weight is 317 g/mol. The van der Waals surface area contributed by atoms with Crippen LogP contribution in [-0.4, -0.2) is 49.6 Å². The van der Waals surface area contributed by atoms with Crippen molar-refractivity contribution < 1.29 is 39.4 Å². The van der Waals surface area contributed by atoms with Gasteiger partial charge >= 0.3 is 19.0 Å². The first-order chi connectivity index (χ1) is 8.74. The van der Waals surface area contributed by atoms with Crippen LogP contribution in [0.25, 0.3) is 0 Å². The zero-order valence-electron chi connectivity index (χ0n) is 11.9. The molecule has 0 atom stereocenters. The molecule has 0 bridgehead atoms. The van der Waals surface area contributed by atoms with Crippen molar-refractivity contribution in [2.24, 2.45) is 0 Å². The molecule has 0 unspecified atom stereocenters. The summed E-state index contributed by atoms with van der Waals surface area (Å²) in [6, 6.07) is 0. The normalized spacial score (nSPS) is 13.8. The van der Waals surface area contributed by atoms with Crippen LogP contribution in [0.5, 0.6) is 0 Å². The lowest BCUT2D eigenvalue weighted by Gasteiger charge is -2.34. The van der Waals surface area contributed by atoms with Crippen molar-refractivity contribution >= 4 is 6.98 Å². The molecule has 1 nitrogen and oxygen atoms in total. The Balaban J connectivity index is 0. The number of hydrogen-bond donors (Lipinski definition) is 0. The predicted octanol–water partition coefficient (Wildman–Crippen LogP) is 4.45. The Kier molecular flexibility index (Phi) is 8.12. The summed E-state index contributed by atoms with van der Waals surface area (Å²) in [6.07, 6.45) is -6.55. The topological polar surface area (TPSA) is 0 Å². The molecule has 0 saturated carbocycles. The molecule has 0 aliphatic heterocycles. The van der Waals surface area contributed by atoms with Crippen molar-refractivity contribution in [1.29, 1.82) is 0 Å². The van der Waals surface area contributed by atoms with E-state index in [2.05, 4.69) is 27.7 Å². The lowest BCUT2D eigenvalue weighted by molar-refractivity contribution is -0.921. The second kappa shape index (κ2) is 7.47. The minimum Gasteiger partial charge on any atom is -0.445 e. The van der Waals surface area contributed by atoms with Crippen LogP contribution in [0.15, 0.2) is 0 Å². The molecule has 0 aromatic heterocycles. The molecule has 0 fully saturated rings. The Morgan fingerprint density at radius 2 is 0.950 bits per heavy atom. The highest BCUT2D eigenvalue weighted by Gasteiger charge is 2.69. The van der Waals surface area contributed by atoms with Crippen LogP contribution in [0.4, 0.5) is 34.9 Å². The Morgan fingerprint density at radius 1 is 0.700 bits per heavy atom. The van der Waals surface area contributed by atoms with Gasteiger partial charge in [0.25, 0.3) is 0 Å². The highest BCUT2D eigenvalue weighted by molar-refractivity contribution is 6.61. The van der Waals surface area contributed by atoms with Gasteiger partial charge in [0.2, 0.25) is 0 Å². The maximum absolute atomic E-state index is 11.2. The third kappa shape index (κ3) is 5.45. The quantitative estimate of drug-likeness (QED) is 0.399. The molecule has 0 radical (unpaired) electrons. The van der Waals surface area contributed by atoms with E-state index in [1.54, 1.807) is 0 Å². The summed E-state index contributed by atoms with van der Waals surface area (Å²) in [7, 11) is 0. The van der Waals surface area contributed by atoms with Crippen molar-refractivity contribution in [3.8, 4) is 0 Å². The van der Waals surface area contributed by atoms with Gasteiger partial charge in [-0.2, -0.15) is 13.2 Å². The van der Waals surface area contributed by atoms with E-state index < -0.39 is 19.0 Å². The van der Waals surface area contributed by atoms with E-state index >= 15 is 0 Å². The number of quaternary nitrogens is 1. The van der Waals surface area contributed by atoms with Gasteiger partial charge in [0, 0.05) is 0 Å². The fraction of sp³-hybridized carbons (Fsp3) is 1.00. The second-order valence-electron chi connectivity index (χ2n) is 4.30. The standard InChI is InChI=1S/C8H20N.C2BF8/c1-5-9(6-2,7-3)8-4;4-1(5,2(6,7)8)3(9,10)11/h5-8H2,1-4H3;/q+1;-1. The Bertz CT molecular complexity index is 236. The molecule has 0 spiro atoms. The maximum Gasteiger partial charge on any atom is 0.558 e. The zero-order valence-corrected chi connectivity index (χ0v) is 11.9. The van der Waals surface area contributed by atoms with Crippen LogP contribution in [0.2, 0.25) is 0 Å². The Labute approximate surface area is 113 Å². The lowest BCUT2D eigenvalue weighted by Crippen LogP contribution is -2.53. The number of halogens is 8. The van der Waals surface area contributed by atoms with Gasteiger partial charge in [0.15, 0.2) is 0 Å². The highest BCUT2D eigenvalue weighted by Crippen LogP contribution is 2.43. The Morgan fingerprint density at radius 3 is 0.950 bits per heavy atom. The maximum atomic E-state index is 11.2. The van der Waals surface area contributed by atoms with E-state index in [1.807, 2.05) is 0 Å². The van der Waals surface area contributed by atoms with Crippen molar-refractivity contribution in [2.75, 3.05) is 26.2 Å². The molecular weight excluding hydrogens is 297 g/mol. The second-order valence-corrected chi connectivity index (χ2v) is 4.30. The molecule has 0 aromatic carbocycles. The molecule has 0 aliphatic carbocycles. The molecule has 0 N–H and O–H groups in total. The monoisotopic (exact) mass is 317 g/mol. The van der Waals surface area contributed by atoms with Gasteiger partial charge in [-0.15, -0.1) is 0 Å². The van der Waals surface area contributed by atoms with E-state index in [9.17, 15) is 34.9 Å². The molecule has 20 heavy (non-hydrogen) atoms. The van der Waals surface area contributed by atoms with Crippen LogP contribution in [-0.2, 0) is 0 Å². The smallest absolute Gasteiger partial charge is 0.445 e. The van der Waals surface area contributed by atoms with Crippen LogP contribution in [0.3, 0.4) is 0 Å². The van der Waals surface area contributed by atoms with Crippen LogP contribution >= 0.6 is 0 Å². The van der Waals surface area contributed by atoms with Gasteiger partial charge in [-0.1, -0.05) is 0 Å². The van der Waals surface area contributed by atoms with Gasteiger partial charge in [0.05, 0.1) is 26.2 Å². The number of nitrogens with zero attached hydrogens (tertiary/aromatic N) is 1. The Hall–Kier alpha value is -0.535. The summed E-state index contributed by atoms with van der Waals surface area (Å²) < 4.78 is 89.1. The average Bonchev–Trinajstić information content (AvgIpc) is 2.31. The zero-order chi connectivity index (χ0) is 16.8. The van der Waals surface area contributed by atoms with Crippen molar-refractivity contribution in [3.05, 3.63) is 0 Å². The van der Waals surface area contributed by atoms with Crippen molar-refractivity contribution in [2.45, 2.75) is 39.7 Å². The minimum absolute atomic E-state index is 1.28. The molecular formula is C10H20BF8N. The van der Waals surface area contributed by atoms with Crippen molar-refractivity contribution in [1.82, 2.24) is 0 Å². The minimum atomic E-state index is -7.21. The summed E-state index contributed by atoms with van der Waals surface area (Å²) in [5, 5.41) is 0. The van der Waals surface area contributed by atoms with Gasteiger partial charge in [0.1, 0.15) is 0 Å². The summed E-state index contributed by atoms with van der Waals surface area (Å²) in [5.74, 6) is -6.56. The summed E-state index contributed by atoms with van der Waals surface area (Å²) in [5.41, 5.74) is 0. The lowest BCUT2D eigenvalue weighted by atomic mass is 9.80. The molecule has 0 aliphatic rings. The first-order valence-electron chi connectivity index (χ1n) is 6.23. The van der Waals surface area contributed by atoms with Gasteiger partial charge in [-0.05, 0) is 27.7 Å². The molecule has 0 rings (SSSR count). The highest BCUT2D eigenvalue weighted by atomic mass is 19.4. The van der Waals surface area contributed by atoms with E-state index in [4.69, 9.17) is 0 Å². The summed E-state index contributed by atoms with van der Waals surface area (Å²) in [4.78, 5) is 0. The summed E-state index contributed by atoms with van der Waals surface area (Å²) >= 11 is 0. The van der Waals surface area contributed by atoms with E-state index in [0.717, 1.165) is 0 Å². The number of rotatable bonds is 5. The fourth-order valence-electron chi connectivity index (χ4n) is 1.53. The third-order valence-corrected chi connectivity index (χ3v) is 3.47. The molecule has 0 amide bonds. The summed E-state index contributed by atoms with van der Waals surface area (Å²) in [6.45, 7) is 7.01. The van der Waals surface area contributed by atoms with E-state index in [-0.39, 0.29) is 0 Å². The first-order valence-corrected chi connectivity index (χ1v) is 6.23. The number of alkyl halides is 5. The van der Waals surface area contributed by atoms with Crippen LogP contribution in [0.1, 0.15) is 27.7 Å². The van der Waals surface area contributed by atoms with Crippen LogP contribution < -0.4 is 0 Å². The SMILES string of the molecule is CC[N+](CC)(CC)CC.F[B-](F)(F)C(F)(F)C(F)(F)F. The molecule has 10 heteroatoms. The van der Waals surface area contributed by atoms with Crippen molar-refractivity contribution in [3.63, 3.8) is 0 Å². The van der Waals surface area contributed by atoms with Gasteiger partial charge in [-0.3, -0.25) is 0 Å². The molecule has 124 valence electrons.